The van der Waals surface area contributed by atoms with Crippen LogP contribution in [0.4, 0.5) is 0 Å². The molecular formula is C8H13N3. The van der Waals surface area contributed by atoms with Gasteiger partial charge in [-0.2, -0.15) is 0 Å². The van der Waals surface area contributed by atoms with Crippen LogP contribution in [0.5, 0.6) is 0 Å². The minimum atomic E-state index is 0.667. The molecule has 1 saturated carbocycles. The first kappa shape index (κ1) is 6.83. The van der Waals surface area contributed by atoms with Crippen LogP contribution in [-0.4, -0.2) is 14.8 Å². The highest BCUT2D eigenvalue weighted by molar-refractivity contribution is 4.80. The number of hydrogen-bond acceptors (Lipinski definition) is 2. The summed E-state index contributed by atoms with van der Waals surface area (Å²) < 4.78 is 2.13. The molecule has 60 valence electrons. The zero-order chi connectivity index (χ0) is 7.68. The van der Waals surface area contributed by atoms with Crippen LogP contribution in [0.25, 0.3) is 0 Å². The molecule has 1 fully saturated rings. The van der Waals surface area contributed by atoms with Gasteiger partial charge in [0.2, 0.25) is 0 Å². The minimum absolute atomic E-state index is 0.667. The van der Waals surface area contributed by atoms with Gasteiger partial charge in [-0.05, 0) is 25.2 Å². The van der Waals surface area contributed by atoms with Gasteiger partial charge < -0.3 is 4.57 Å². The lowest BCUT2D eigenvalue weighted by Crippen LogP contribution is -2.01. The molecule has 2 rings (SSSR count). The molecular weight excluding hydrogens is 138 g/mol. The van der Waals surface area contributed by atoms with E-state index < -0.39 is 0 Å². The normalized spacial score (nSPS) is 31.0. The van der Waals surface area contributed by atoms with Crippen LogP contribution >= 0.6 is 0 Å². The molecule has 0 radical (unpaired) electrons. The molecule has 1 unspecified atom stereocenters. The Bertz CT molecular complexity index is 217. The van der Waals surface area contributed by atoms with Crippen LogP contribution < -0.4 is 0 Å². The average Bonchev–Trinajstić information content (AvgIpc) is 2.55. The van der Waals surface area contributed by atoms with Gasteiger partial charge >= 0.3 is 0 Å². The molecule has 3 heteroatoms. The van der Waals surface area contributed by atoms with Crippen molar-refractivity contribution in [1.29, 1.82) is 0 Å². The maximum atomic E-state index is 3.80. The molecule has 0 aliphatic heterocycles. The third kappa shape index (κ3) is 1.27. The van der Waals surface area contributed by atoms with E-state index >= 15 is 0 Å². The number of aromatic nitrogens is 3. The van der Waals surface area contributed by atoms with Crippen molar-refractivity contribution in [3.8, 4) is 0 Å². The van der Waals surface area contributed by atoms with Gasteiger partial charge in [0.25, 0.3) is 0 Å². The Kier molecular flexibility index (Phi) is 1.64. The lowest BCUT2D eigenvalue weighted by Gasteiger charge is -2.08. The molecule has 0 spiro atoms. The van der Waals surface area contributed by atoms with E-state index in [4.69, 9.17) is 0 Å². The van der Waals surface area contributed by atoms with Gasteiger partial charge in [0, 0.05) is 6.04 Å². The highest BCUT2D eigenvalue weighted by Gasteiger charge is 2.21. The Labute approximate surface area is 66.4 Å². The molecule has 0 aromatic carbocycles. The van der Waals surface area contributed by atoms with E-state index in [0.29, 0.717) is 6.04 Å². The van der Waals surface area contributed by atoms with Crippen molar-refractivity contribution in [1.82, 2.24) is 14.8 Å². The Morgan fingerprint density at radius 3 is 2.55 bits per heavy atom. The van der Waals surface area contributed by atoms with Crippen LogP contribution in [0, 0.1) is 5.92 Å². The number of hydrogen-bond donors (Lipinski definition) is 0. The maximum absolute atomic E-state index is 3.80. The molecule has 3 nitrogen and oxygen atoms in total. The molecule has 0 bridgehead atoms. The van der Waals surface area contributed by atoms with E-state index in [1.54, 1.807) is 0 Å². The second kappa shape index (κ2) is 2.64. The summed E-state index contributed by atoms with van der Waals surface area (Å²) in [6.07, 6.45) is 7.57. The summed E-state index contributed by atoms with van der Waals surface area (Å²) in [5.74, 6) is 0.877. The van der Waals surface area contributed by atoms with E-state index in [1.807, 2.05) is 12.7 Å². The molecule has 1 heterocycles. The highest BCUT2D eigenvalue weighted by atomic mass is 15.2. The van der Waals surface area contributed by atoms with Gasteiger partial charge in [-0.25, -0.2) is 0 Å². The quantitative estimate of drug-likeness (QED) is 0.611. The second-order valence-corrected chi connectivity index (χ2v) is 3.48. The summed E-state index contributed by atoms with van der Waals surface area (Å²) >= 11 is 0. The maximum Gasteiger partial charge on any atom is 0.119 e. The van der Waals surface area contributed by atoms with Crippen molar-refractivity contribution >= 4 is 0 Å². The third-order valence-corrected chi connectivity index (χ3v) is 2.53. The number of rotatable bonds is 1. The highest BCUT2D eigenvalue weighted by Crippen LogP contribution is 2.33. The van der Waals surface area contributed by atoms with Gasteiger partial charge in [-0.15, -0.1) is 10.2 Å². The molecule has 1 aromatic heterocycles. The van der Waals surface area contributed by atoms with Gasteiger partial charge in [0.1, 0.15) is 12.7 Å². The van der Waals surface area contributed by atoms with Crippen LogP contribution in [0.3, 0.4) is 0 Å². The summed E-state index contributed by atoms with van der Waals surface area (Å²) in [7, 11) is 0. The van der Waals surface area contributed by atoms with Crippen LogP contribution in [0.2, 0.25) is 0 Å². The molecule has 0 amide bonds. The van der Waals surface area contributed by atoms with Crippen molar-refractivity contribution in [3.05, 3.63) is 12.7 Å². The fourth-order valence-electron chi connectivity index (χ4n) is 1.85. The lowest BCUT2D eigenvalue weighted by molar-refractivity contribution is 0.492. The second-order valence-electron chi connectivity index (χ2n) is 3.48. The first-order valence-electron chi connectivity index (χ1n) is 4.20. The molecule has 11 heavy (non-hydrogen) atoms. The van der Waals surface area contributed by atoms with E-state index in [9.17, 15) is 0 Å². The van der Waals surface area contributed by atoms with Gasteiger partial charge in [0.05, 0.1) is 0 Å². The van der Waals surface area contributed by atoms with Crippen molar-refractivity contribution in [2.75, 3.05) is 0 Å². The molecule has 0 N–H and O–H groups in total. The van der Waals surface area contributed by atoms with Gasteiger partial charge in [0.15, 0.2) is 0 Å². The van der Waals surface area contributed by atoms with Crippen molar-refractivity contribution in [3.63, 3.8) is 0 Å². The summed E-state index contributed by atoms with van der Waals surface area (Å²) in [5, 5.41) is 7.61. The SMILES string of the molecule is CC1CC[C@@H](n2cnnc2)C1. The lowest BCUT2D eigenvalue weighted by atomic mass is 10.1. The predicted octanol–water partition coefficient (Wildman–Crippen LogP) is 1.64. The minimum Gasteiger partial charge on any atom is -0.317 e. The molecule has 2 atom stereocenters. The van der Waals surface area contributed by atoms with Crippen LogP contribution in [0.15, 0.2) is 12.7 Å². The van der Waals surface area contributed by atoms with E-state index in [-0.39, 0.29) is 0 Å². The van der Waals surface area contributed by atoms with E-state index in [2.05, 4.69) is 21.7 Å². The fourth-order valence-corrected chi connectivity index (χ4v) is 1.85. The van der Waals surface area contributed by atoms with Crippen molar-refractivity contribution in [2.24, 2.45) is 5.92 Å². The fraction of sp³-hybridized carbons (Fsp3) is 0.750. The number of nitrogens with zero attached hydrogens (tertiary/aromatic N) is 3. The van der Waals surface area contributed by atoms with E-state index in [0.717, 1.165) is 5.92 Å². The molecule has 0 saturated heterocycles. The third-order valence-electron chi connectivity index (χ3n) is 2.53. The first-order chi connectivity index (χ1) is 5.36. The summed E-state index contributed by atoms with van der Waals surface area (Å²) in [4.78, 5) is 0. The largest absolute Gasteiger partial charge is 0.317 e. The Morgan fingerprint density at radius 2 is 2.00 bits per heavy atom. The van der Waals surface area contributed by atoms with Crippen molar-refractivity contribution < 1.29 is 0 Å². The summed E-state index contributed by atoms with van der Waals surface area (Å²) in [5.41, 5.74) is 0. The average molecular weight is 151 g/mol. The van der Waals surface area contributed by atoms with Crippen molar-refractivity contribution in [2.45, 2.75) is 32.2 Å². The summed E-state index contributed by atoms with van der Waals surface area (Å²) in [6, 6.07) is 0.667. The zero-order valence-electron chi connectivity index (χ0n) is 6.77. The smallest absolute Gasteiger partial charge is 0.119 e. The van der Waals surface area contributed by atoms with Crippen LogP contribution in [-0.2, 0) is 0 Å². The molecule has 1 aliphatic rings. The Balaban J connectivity index is 2.08. The monoisotopic (exact) mass is 151 g/mol. The topological polar surface area (TPSA) is 30.7 Å². The van der Waals surface area contributed by atoms with Crippen LogP contribution in [0.1, 0.15) is 32.2 Å². The van der Waals surface area contributed by atoms with Gasteiger partial charge in [-0.1, -0.05) is 6.92 Å². The standard InChI is InChI=1S/C8H13N3/c1-7-2-3-8(4-7)11-5-9-10-6-11/h5-8H,2-4H2,1H3/t7?,8-/m1/s1. The molecule has 1 aliphatic carbocycles. The molecule has 1 aromatic rings. The zero-order valence-corrected chi connectivity index (χ0v) is 6.77. The predicted molar refractivity (Wildman–Crippen MR) is 42.1 cm³/mol. The Morgan fingerprint density at radius 1 is 1.27 bits per heavy atom. The van der Waals surface area contributed by atoms with E-state index in [1.165, 1.54) is 19.3 Å². The Hall–Kier alpha value is -0.860. The van der Waals surface area contributed by atoms with Gasteiger partial charge in [-0.3, -0.25) is 0 Å². The summed E-state index contributed by atoms with van der Waals surface area (Å²) in [6.45, 7) is 2.31. The first-order valence-corrected chi connectivity index (χ1v) is 4.20.